The van der Waals surface area contributed by atoms with Gasteiger partial charge >= 0.3 is 0 Å². The van der Waals surface area contributed by atoms with E-state index in [0.29, 0.717) is 6.04 Å². The Balaban J connectivity index is 1.70. The van der Waals surface area contributed by atoms with E-state index >= 15 is 0 Å². The molecule has 1 aliphatic rings. The molecule has 1 fully saturated rings. The summed E-state index contributed by atoms with van der Waals surface area (Å²) < 4.78 is 7.24. The van der Waals surface area contributed by atoms with E-state index < -0.39 is 0 Å². The summed E-state index contributed by atoms with van der Waals surface area (Å²) >= 11 is 0. The van der Waals surface area contributed by atoms with Gasteiger partial charge in [-0.05, 0) is 19.1 Å². The first-order valence-electron chi connectivity index (χ1n) is 8.24. The van der Waals surface area contributed by atoms with Gasteiger partial charge in [-0.3, -0.25) is 4.90 Å². The highest BCUT2D eigenvalue weighted by molar-refractivity contribution is 5.44. The number of morpholine rings is 1. The quantitative estimate of drug-likeness (QED) is 0.922. The first-order valence-corrected chi connectivity index (χ1v) is 8.24. The zero-order valence-electron chi connectivity index (χ0n) is 14.4. The highest BCUT2D eigenvalue weighted by Gasteiger charge is 2.22. The van der Waals surface area contributed by atoms with Crippen molar-refractivity contribution in [1.82, 2.24) is 24.7 Å². The second kappa shape index (κ2) is 6.41. The second-order valence-electron chi connectivity index (χ2n) is 7.14. The summed E-state index contributed by atoms with van der Waals surface area (Å²) in [4.78, 5) is 2.44. The maximum Gasteiger partial charge on any atom is 0.178 e. The molecule has 1 N–H and O–H groups in total. The van der Waals surface area contributed by atoms with Gasteiger partial charge in [-0.15, -0.1) is 15.3 Å². The lowest BCUT2D eigenvalue weighted by atomic mass is 9.96. The number of nitrogens with zero attached hydrogens (tertiary/aromatic N) is 5. The van der Waals surface area contributed by atoms with Crippen molar-refractivity contribution in [3.05, 3.63) is 18.0 Å². The smallest absolute Gasteiger partial charge is 0.178 e. The maximum absolute atomic E-state index is 5.41. The van der Waals surface area contributed by atoms with Crippen LogP contribution in [0.2, 0.25) is 0 Å². The number of aromatic nitrogens is 4. The van der Waals surface area contributed by atoms with Gasteiger partial charge in [0.25, 0.3) is 0 Å². The minimum absolute atomic E-state index is 0.0911. The highest BCUT2D eigenvalue weighted by Crippen LogP contribution is 2.20. The van der Waals surface area contributed by atoms with E-state index in [0.717, 1.165) is 50.1 Å². The van der Waals surface area contributed by atoms with Crippen LogP contribution in [-0.2, 0) is 10.2 Å². The van der Waals surface area contributed by atoms with Crippen molar-refractivity contribution in [3.8, 4) is 0 Å². The monoisotopic (exact) mass is 318 g/mol. The first kappa shape index (κ1) is 16.1. The fraction of sp³-hybridized carbons (Fsp3) is 0.688. The zero-order valence-corrected chi connectivity index (χ0v) is 14.4. The average Bonchev–Trinajstić information content (AvgIpc) is 2.96. The molecule has 1 unspecified atom stereocenters. The summed E-state index contributed by atoms with van der Waals surface area (Å²) in [6, 6.07) is 4.36. The number of anilines is 1. The van der Waals surface area contributed by atoms with Crippen LogP contribution in [0.3, 0.4) is 0 Å². The number of hydrogen-bond donors (Lipinski definition) is 1. The molecular weight excluding hydrogens is 292 g/mol. The van der Waals surface area contributed by atoms with Crippen molar-refractivity contribution in [2.24, 2.45) is 0 Å². The Kier molecular flexibility index (Phi) is 4.50. The Morgan fingerprint density at radius 2 is 1.96 bits per heavy atom. The number of nitrogens with one attached hydrogen (secondary N) is 1. The van der Waals surface area contributed by atoms with Gasteiger partial charge in [-0.2, -0.15) is 4.52 Å². The van der Waals surface area contributed by atoms with Gasteiger partial charge in [-0.1, -0.05) is 20.8 Å². The molecule has 0 radical (unpaired) electrons. The number of fused-ring (bicyclic) bond motifs is 1. The average molecular weight is 318 g/mol. The van der Waals surface area contributed by atoms with Crippen LogP contribution in [0.15, 0.2) is 12.1 Å². The van der Waals surface area contributed by atoms with Crippen molar-refractivity contribution >= 4 is 11.5 Å². The van der Waals surface area contributed by atoms with E-state index in [9.17, 15) is 0 Å². The van der Waals surface area contributed by atoms with E-state index in [1.165, 1.54) is 0 Å². The van der Waals surface area contributed by atoms with E-state index in [1.54, 1.807) is 0 Å². The van der Waals surface area contributed by atoms with Crippen molar-refractivity contribution in [2.75, 3.05) is 38.2 Å². The molecule has 0 bridgehead atoms. The Labute approximate surface area is 137 Å². The molecule has 23 heavy (non-hydrogen) atoms. The van der Waals surface area contributed by atoms with Crippen molar-refractivity contribution in [2.45, 2.75) is 39.2 Å². The van der Waals surface area contributed by atoms with Crippen molar-refractivity contribution < 1.29 is 4.74 Å². The Bertz CT molecular complexity index is 656. The molecular formula is C16H26N6O. The zero-order chi connectivity index (χ0) is 16.4. The Morgan fingerprint density at radius 3 is 2.65 bits per heavy atom. The Morgan fingerprint density at radius 1 is 1.22 bits per heavy atom. The molecule has 1 saturated heterocycles. The van der Waals surface area contributed by atoms with E-state index in [1.807, 2.05) is 16.6 Å². The van der Waals surface area contributed by atoms with E-state index in [2.05, 4.69) is 53.2 Å². The summed E-state index contributed by atoms with van der Waals surface area (Å²) in [6.45, 7) is 13.1. The fourth-order valence-electron chi connectivity index (χ4n) is 2.75. The minimum Gasteiger partial charge on any atom is -0.379 e. The molecule has 2 aromatic rings. The summed E-state index contributed by atoms with van der Waals surface area (Å²) in [7, 11) is 0. The topological polar surface area (TPSA) is 67.6 Å². The van der Waals surface area contributed by atoms with Crippen molar-refractivity contribution in [1.29, 1.82) is 0 Å². The third-order valence-electron chi connectivity index (χ3n) is 4.18. The van der Waals surface area contributed by atoms with Crippen LogP contribution in [0.1, 0.15) is 33.5 Å². The summed E-state index contributed by atoms with van der Waals surface area (Å²) in [6.07, 6.45) is 0. The molecule has 0 aromatic carbocycles. The molecule has 2 aromatic heterocycles. The van der Waals surface area contributed by atoms with Gasteiger partial charge in [0.15, 0.2) is 11.5 Å². The van der Waals surface area contributed by atoms with Crippen LogP contribution in [0.4, 0.5) is 5.82 Å². The standard InChI is InChI=1S/C16H26N6O/c1-12(21-7-9-23-10-8-21)11-17-13-5-6-14-18-19-15(16(2,3)4)22(14)20-13/h5-6,12H,7-11H2,1-4H3,(H,17,20). The van der Waals surface area contributed by atoms with Gasteiger partial charge < -0.3 is 10.1 Å². The molecule has 0 spiro atoms. The maximum atomic E-state index is 5.41. The first-order chi connectivity index (χ1) is 10.9. The molecule has 1 atom stereocenters. The number of rotatable bonds is 4. The largest absolute Gasteiger partial charge is 0.379 e. The van der Waals surface area contributed by atoms with Gasteiger partial charge in [-0.25, -0.2) is 0 Å². The van der Waals surface area contributed by atoms with Crippen LogP contribution in [0.25, 0.3) is 5.65 Å². The molecule has 7 heteroatoms. The fourth-order valence-corrected chi connectivity index (χ4v) is 2.75. The summed E-state index contributed by atoms with van der Waals surface area (Å²) in [5, 5.41) is 16.6. The van der Waals surface area contributed by atoms with Crippen LogP contribution in [0.5, 0.6) is 0 Å². The number of hydrogen-bond acceptors (Lipinski definition) is 6. The van der Waals surface area contributed by atoms with Crippen LogP contribution in [0, 0.1) is 0 Å². The van der Waals surface area contributed by atoms with E-state index in [-0.39, 0.29) is 5.41 Å². The van der Waals surface area contributed by atoms with Gasteiger partial charge in [0, 0.05) is 31.1 Å². The predicted molar refractivity (Wildman–Crippen MR) is 89.8 cm³/mol. The summed E-state index contributed by atoms with van der Waals surface area (Å²) in [5.41, 5.74) is 0.688. The molecule has 1 aliphatic heterocycles. The molecule has 3 heterocycles. The Hall–Kier alpha value is -1.73. The lowest BCUT2D eigenvalue weighted by molar-refractivity contribution is 0.0227. The van der Waals surface area contributed by atoms with Gasteiger partial charge in [0.2, 0.25) is 0 Å². The van der Waals surface area contributed by atoms with E-state index in [4.69, 9.17) is 4.74 Å². The second-order valence-corrected chi connectivity index (χ2v) is 7.14. The minimum atomic E-state index is -0.0911. The molecule has 126 valence electrons. The molecule has 0 aliphatic carbocycles. The molecule has 3 rings (SSSR count). The lowest BCUT2D eigenvalue weighted by Gasteiger charge is -2.32. The van der Waals surface area contributed by atoms with Crippen LogP contribution in [-0.4, -0.2) is 63.6 Å². The highest BCUT2D eigenvalue weighted by atomic mass is 16.5. The van der Waals surface area contributed by atoms with Gasteiger partial charge in [0.1, 0.15) is 5.82 Å². The third kappa shape index (κ3) is 3.61. The van der Waals surface area contributed by atoms with Gasteiger partial charge in [0.05, 0.1) is 13.2 Å². The molecule has 7 nitrogen and oxygen atoms in total. The summed E-state index contributed by atoms with van der Waals surface area (Å²) in [5.74, 6) is 1.72. The van der Waals surface area contributed by atoms with Crippen LogP contribution < -0.4 is 5.32 Å². The normalized spacial score (nSPS) is 18.3. The molecule has 0 saturated carbocycles. The lowest BCUT2D eigenvalue weighted by Crippen LogP contribution is -2.45. The predicted octanol–water partition coefficient (Wildman–Crippen LogP) is 1.55. The van der Waals surface area contributed by atoms with Crippen LogP contribution >= 0.6 is 0 Å². The third-order valence-corrected chi connectivity index (χ3v) is 4.18. The van der Waals surface area contributed by atoms with Crippen molar-refractivity contribution in [3.63, 3.8) is 0 Å². The SMILES string of the molecule is CC(CNc1ccc2nnc(C(C)(C)C)n2n1)N1CCOCC1. The molecule has 0 amide bonds. The number of ether oxygens (including phenoxy) is 1.